The number of hydrogen-bond acceptors (Lipinski definition) is 6. The second-order valence-electron chi connectivity index (χ2n) is 6.38. The molecular weight excluding hydrogens is 376 g/mol. The predicted octanol–water partition coefficient (Wildman–Crippen LogP) is 3.69. The van der Waals surface area contributed by atoms with Crippen LogP contribution in [0.3, 0.4) is 0 Å². The number of nitrogens with one attached hydrogen (secondary N) is 1. The minimum atomic E-state index is -0.653. The molecule has 1 amide bonds. The van der Waals surface area contributed by atoms with Crippen LogP contribution in [0.4, 0.5) is 11.4 Å². The highest BCUT2D eigenvalue weighted by Gasteiger charge is 2.13. The van der Waals surface area contributed by atoms with Gasteiger partial charge in [0.1, 0.15) is 0 Å². The lowest BCUT2D eigenvalue weighted by molar-refractivity contribution is -0.384. The number of non-ortho nitro benzene ring substituents is 1. The van der Waals surface area contributed by atoms with Crippen LogP contribution in [0.5, 0.6) is 0 Å². The highest BCUT2D eigenvalue weighted by Crippen LogP contribution is 2.15. The smallest absolute Gasteiger partial charge is 0.306 e. The van der Waals surface area contributed by atoms with Gasteiger partial charge in [0.2, 0.25) is 0 Å². The summed E-state index contributed by atoms with van der Waals surface area (Å²) in [5, 5.41) is 13.1. The van der Waals surface area contributed by atoms with E-state index in [-0.39, 0.29) is 24.3 Å². The van der Waals surface area contributed by atoms with E-state index in [0.717, 1.165) is 18.4 Å². The molecule has 0 aliphatic heterocycles. The van der Waals surface area contributed by atoms with Crippen molar-refractivity contribution in [3.8, 4) is 0 Å². The van der Waals surface area contributed by atoms with E-state index >= 15 is 0 Å². The molecule has 0 aromatic heterocycles. The summed E-state index contributed by atoms with van der Waals surface area (Å²) in [4.78, 5) is 45.7. The molecule has 0 saturated carbocycles. The lowest BCUT2D eigenvalue weighted by Crippen LogP contribution is -2.21. The van der Waals surface area contributed by atoms with Gasteiger partial charge >= 0.3 is 5.97 Å². The fourth-order valence-electron chi connectivity index (χ4n) is 2.59. The van der Waals surface area contributed by atoms with Crippen LogP contribution in [0.25, 0.3) is 0 Å². The molecule has 0 unspecified atom stereocenters. The molecule has 0 radical (unpaired) electrons. The normalized spacial score (nSPS) is 10.2. The van der Waals surface area contributed by atoms with Crippen LogP contribution in [0.1, 0.15) is 42.1 Å². The Bertz CT molecular complexity index is 875. The number of hydrogen-bond donors (Lipinski definition) is 1. The molecule has 2 rings (SSSR count). The van der Waals surface area contributed by atoms with Gasteiger partial charge < -0.3 is 10.1 Å². The highest BCUT2D eigenvalue weighted by atomic mass is 16.6. The maximum atomic E-state index is 12.1. The Morgan fingerprint density at radius 3 is 2.24 bits per heavy atom. The van der Waals surface area contributed by atoms with Crippen molar-refractivity contribution in [2.45, 2.75) is 32.6 Å². The predicted molar refractivity (Wildman–Crippen MR) is 107 cm³/mol. The molecule has 0 atom stereocenters. The number of esters is 1. The second kappa shape index (κ2) is 10.7. The summed E-state index contributed by atoms with van der Waals surface area (Å²) < 4.78 is 4.86. The maximum Gasteiger partial charge on any atom is 0.306 e. The van der Waals surface area contributed by atoms with Gasteiger partial charge in [-0.15, -0.1) is 0 Å². The number of aryl methyl sites for hydroxylation is 1. The zero-order valence-electron chi connectivity index (χ0n) is 16.1. The molecule has 0 bridgehead atoms. The Morgan fingerprint density at radius 2 is 1.66 bits per heavy atom. The molecule has 0 saturated heterocycles. The average molecular weight is 398 g/mol. The number of carbonyl (C=O) groups is 3. The molecule has 0 fully saturated rings. The van der Waals surface area contributed by atoms with Crippen LogP contribution in [0.15, 0.2) is 48.5 Å². The molecule has 8 nitrogen and oxygen atoms in total. The Balaban J connectivity index is 1.72. The van der Waals surface area contributed by atoms with Crippen molar-refractivity contribution in [1.82, 2.24) is 0 Å². The fourth-order valence-corrected chi connectivity index (χ4v) is 2.59. The summed E-state index contributed by atoms with van der Waals surface area (Å²) in [7, 11) is 0. The maximum absolute atomic E-state index is 12.1. The van der Waals surface area contributed by atoms with Gasteiger partial charge in [-0.1, -0.05) is 37.6 Å². The number of benzene rings is 2. The van der Waals surface area contributed by atoms with Gasteiger partial charge in [-0.05, 0) is 24.1 Å². The molecule has 0 spiro atoms. The third-order valence-electron chi connectivity index (χ3n) is 4.10. The number of anilines is 1. The number of carbonyl (C=O) groups excluding carboxylic acids is 3. The van der Waals surface area contributed by atoms with Crippen molar-refractivity contribution in [2.75, 3.05) is 11.9 Å². The van der Waals surface area contributed by atoms with Gasteiger partial charge in [0.15, 0.2) is 12.4 Å². The Morgan fingerprint density at radius 1 is 1.00 bits per heavy atom. The van der Waals surface area contributed by atoms with E-state index in [0.29, 0.717) is 11.3 Å². The van der Waals surface area contributed by atoms with Crippen LogP contribution in [0, 0.1) is 10.1 Å². The monoisotopic (exact) mass is 398 g/mol. The van der Waals surface area contributed by atoms with Crippen molar-refractivity contribution in [2.24, 2.45) is 0 Å². The van der Waals surface area contributed by atoms with Gasteiger partial charge in [-0.2, -0.15) is 0 Å². The van der Waals surface area contributed by atoms with E-state index in [4.69, 9.17) is 4.74 Å². The van der Waals surface area contributed by atoms with E-state index < -0.39 is 23.4 Å². The largest absolute Gasteiger partial charge is 0.456 e. The Kier molecular flexibility index (Phi) is 8.02. The van der Waals surface area contributed by atoms with Crippen LogP contribution in [-0.4, -0.2) is 29.2 Å². The quantitative estimate of drug-likeness (QED) is 0.282. The van der Waals surface area contributed by atoms with Crippen molar-refractivity contribution in [3.05, 3.63) is 69.8 Å². The molecule has 29 heavy (non-hydrogen) atoms. The summed E-state index contributed by atoms with van der Waals surface area (Å²) in [6.45, 7) is 1.58. The number of amides is 1. The topological polar surface area (TPSA) is 116 Å². The van der Waals surface area contributed by atoms with Gasteiger partial charge in [0.25, 0.3) is 11.6 Å². The number of nitro benzene ring substituents is 1. The molecule has 0 aliphatic carbocycles. The lowest BCUT2D eigenvalue weighted by Gasteiger charge is -2.07. The molecule has 1 N–H and O–H groups in total. The van der Waals surface area contributed by atoms with E-state index in [1.807, 2.05) is 12.1 Å². The van der Waals surface area contributed by atoms with E-state index in [9.17, 15) is 24.5 Å². The minimum absolute atomic E-state index is 0.00404. The summed E-state index contributed by atoms with van der Waals surface area (Å²) in [5.74, 6) is -1.40. The first-order valence-corrected chi connectivity index (χ1v) is 9.21. The second-order valence-corrected chi connectivity index (χ2v) is 6.38. The highest BCUT2D eigenvalue weighted by molar-refractivity contribution is 5.98. The molecule has 2 aromatic carbocycles. The van der Waals surface area contributed by atoms with Gasteiger partial charge in [-0.25, -0.2) is 0 Å². The fraction of sp³-hybridized carbons (Fsp3) is 0.286. The first-order chi connectivity index (χ1) is 13.9. The minimum Gasteiger partial charge on any atom is -0.456 e. The van der Waals surface area contributed by atoms with Crippen molar-refractivity contribution in [1.29, 1.82) is 0 Å². The van der Waals surface area contributed by atoms with Crippen molar-refractivity contribution in [3.63, 3.8) is 0 Å². The standard InChI is InChI=1S/C21H22N2O6/c1-2-3-15-4-6-16(7-5-15)19(24)12-13-21(26)29-14-20(25)22-17-8-10-18(11-9-17)23(27)28/h4-11H,2-3,12-14H2,1H3,(H,22,25). The van der Waals surface area contributed by atoms with Crippen LogP contribution in [0.2, 0.25) is 0 Å². The first kappa shape index (κ1) is 21.7. The lowest BCUT2D eigenvalue weighted by atomic mass is 10.0. The van der Waals surface area contributed by atoms with Crippen molar-refractivity contribution < 1.29 is 24.0 Å². The number of rotatable bonds is 10. The van der Waals surface area contributed by atoms with E-state index in [2.05, 4.69) is 12.2 Å². The molecule has 0 aliphatic rings. The third kappa shape index (κ3) is 7.17. The molecule has 0 heterocycles. The van der Waals surface area contributed by atoms with Crippen LogP contribution < -0.4 is 5.32 Å². The van der Waals surface area contributed by atoms with Gasteiger partial charge in [0, 0.05) is 29.8 Å². The zero-order chi connectivity index (χ0) is 21.2. The summed E-state index contributed by atoms with van der Waals surface area (Å²) >= 11 is 0. The number of nitrogens with zero attached hydrogens (tertiary/aromatic N) is 1. The molecular formula is C21H22N2O6. The summed E-state index contributed by atoms with van der Waals surface area (Å²) in [5.41, 5.74) is 1.94. The van der Waals surface area contributed by atoms with Crippen LogP contribution >= 0.6 is 0 Å². The van der Waals surface area contributed by atoms with Crippen molar-refractivity contribution >= 4 is 29.0 Å². The Hall–Kier alpha value is -3.55. The number of nitro groups is 1. The third-order valence-corrected chi connectivity index (χ3v) is 4.10. The number of ether oxygens (including phenoxy) is 1. The first-order valence-electron chi connectivity index (χ1n) is 9.21. The SMILES string of the molecule is CCCc1ccc(C(=O)CCC(=O)OCC(=O)Nc2ccc([N+](=O)[O-])cc2)cc1. The summed E-state index contributed by atoms with van der Waals surface area (Å²) in [6, 6.07) is 12.6. The van der Waals surface area contributed by atoms with E-state index in [1.165, 1.54) is 24.3 Å². The number of Topliss-reactive ketones (excluding diaryl/α,β-unsaturated/α-hetero) is 1. The average Bonchev–Trinajstić information content (AvgIpc) is 2.71. The number of ketones is 1. The molecule has 8 heteroatoms. The Labute approximate surface area is 168 Å². The molecule has 152 valence electrons. The van der Waals surface area contributed by atoms with Gasteiger partial charge in [0.05, 0.1) is 11.3 Å². The van der Waals surface area contributed by atoms with E-state index in [1.54, 1.807) is 12.1 Å². The van der Waals surface area contributed by atoms with Gasteiger partial charge in [-0.3, -0.25) is 24.5 Å². The zero-order valence-corrected chi connectivity index (χ0v) is 16.1. The molecule has 2 aromatic rings. The summed E-state index contributed by atoms with van der Waals surface area (Å²) in [6.07, 6.45) is 1.84. The van der Waals surface area contributed by atoms with Crippen LogP contribution in [-0.2, 0) is 20.7 Å².